The third-order valence-corrected chi connectivity index (χ3v) is 6.16. The number of hydrogen-bond donors (Lipinski definition) is 1. The fraction of sp³-hybridized carbons (Fsp3) is 0.111. The number of hydrogen-bond acceptors (Lipinski definition) is 5. The van der Waals surface area contributed by atoms with Crippen LogP contribution in [0, 0.1) is 11.6 Å². The quantitative estimate of drug-likeness (QED) is 0.671. The van der Waals surface area contributed by atoms with Gasteiger partial charge in [0.05, 0.1) is 16.3 Å². The Morgan fingerprint density at radius 3 is 2.52 bits per heavy atom. The maximum absolute atomic E-state index is 13.3. The van der Waals surface area contributed by atoms with Gasteiger partial charge in [0, 0.05) is 17.4 Å². The Labute approximate surface area is 158 Å². The molecule has 1 amide bonds. The van der Waals surface area contributed by atoms with Crippen molar-refractivity contribution in [3.8, 4) is 11.3 Å². The fourth-order valence-electron chi connectivity index (χ4n) is 2.27. The largest absolute Gasteiger partial charge is 0.302 e. The number of aromatic nitrogens is 1. The first-order chi connectivity index (χ1) is 12.8. The first kappa shape index (κ1) is 19.1. The van der Waals surface area contributed by atoms with Crippen molar-refractivity contribution < 1.29 is 22.0 Å². The average molecular weight is 408 g/mol. The predicted molar refractivity (Wildman–Crippen MR) is 99.2 cm³/mol. The second kappa shape index (κ2) is 7.93. The Morgan fingerprint density at radius 2 is 1.81 bits per heavy atom. The average Bonchev–Trinajstić information content (AvgIpc) is 3.11. The molecule has 0 bridgehead atoms. The third kappa shape index (κ3) is 4.75. The smallest absolute Gasteiger partial charge is 0.227 e. The Kier molecular flexibility index (Phi) is 5.62. The van der Waals surface area contributed by atoms with Gasteiger partial charge >= 0.3 is 0 Å². The number of nitrogens with one attached hydrogen (secondary N) is 1. The zero-order chi connectivity index (χ0) is 19.4. The number of rotatable bonds is 6. The maximum atomic E-state index is 13.3. The molecule has 3 aromatic rings. The first-order valence-corrected chi connectivity index (χ1v) is 10.4. The molecule has 2 aromatic carbocycles. The molecule has 0 saturated heterocycles. The summed E-state index contributed by atoms with van der Waals surface area (Å²) in [5.41, 5.74) is 0.753. The zero-order valence-corrected chi connectivity index (χ0v) is 15.5. The van der Waals surface area contributed by atoms with Gasteiger partial charge in [-0.3, -0.25) is 4.79 Å². The molecule has 0 atom stereocenters. The second-order valence-electron chi connectivity index (χ2n) is 5.60. The maximum Gasteiger partial charge on any atom is 0.227 e. The van der Waals surface area contributed by atoms with Gasteiger partial charge in [0.2, 0.25) is 5.91 Å². The van der Waals surface area contributed by atoms with Crippen molar-refractivity contribution in [3.05, 3.63) is 65.5 Å². The van der Waals surface area contributed by atoms with E-state index in [-0.39, 0.29) is 22.2 Å². The van der Waals surface area contributed by atoms with E-state index in [4.69, 9.17) is 0 Å². The molecule has 1 aromatic heterocycles. The highest BCUT2D eigenvalue weighted by molar-refractivity contribution is 7.91. The Hall–Kier alpha value is -2.65. The lowest BCUT2D eigenvalue weighted by Crippen LogP contribution is -2.17. The van der Waals surface area contributed by atoms with Gasteiger partial charge in [-0.05, 0) is 30.3 Å². The first-order valence-electron chi connectivity index (χ1n) is 7.84. The van der Waals surface area contributed by atoms with Crippen LogP contribution in [-0.2, 0) is 14.6 Å². The van der Waals surface area contributed by atoms with E-state index in [0.717, 1.165) is 23.5 Å². The topological polar surface area (TPSA) is 76.1 Å². The molecule has 1 heterocycles. The van der Waals surface area contributed by atoms with Crippen LogP contribution in [0.25, 0.3) is 11.3 Å². The van der Waals surface area contributed by atoms with Crippen molar-refractivity contribution in [2.45, 2.75) is 11.3 Å². The molecule has 0 aliphatic heterocycles. The van der Waals surface area contributed by atoms with Crippen LogP contribution >= 0.6 is 11.3 Å². The number of benzene rings is 2. The van der Waals surface area contributed by atoms with Crippen LogP contribution in [0.5, 0.6) is 0 Å². The molecule has 0 saturated carbocycles. The van der Waals surface area contributed by atoms with Crippen molar-refractivity contribution in [3.63, 3.8) is 0 Å². The van der Waals surface area contributed by atoms with Crippen molar-refractivity contribution in [2.75, 3.05) is 11.1 Å². The molecule has 0 aliphatic carbocycles. The van der Waals surface area contributed by atoms with E-state index in [0.29, 0.717) is 11.3 Å². The summed E-state index contributed by atoms with van der Waals surface area (Å²) in [5.74, 6) is -2.77. The van der Waals surface area contributed by atoms with Crippen LogP contribution in [-0.4, -0.2) is 25.1 Å². The van der Waals surface area contributed by atoms with E-state index in [1.165, 1.54) is 18.2 Å². The van der Waals surface area contributed by atoms with Crippen molar-refractivity contribution in [1.82, 2.24) is 4.98 Å². The standard InChI is InChI=1S/C18H14F2N2O3S2/c19-14-7-6-12(10-15(14)20)16-11-26-18(21-16)22-17(23)8-9-27(24,25)13-4-2-1-3-5-13/h1-7,10-11H,8-9H2,(H,21,22,23). The molecule has 1 N–H and O–H groups in total. The number of carbonyl (C=O) groups excluding carboxylic acids is 1. The highest BCUT2D eigenvalue weighted by atomic mass is 32.2. The number of halogens is 2. The van der Waals surface area contributed by atoms with Gasteiger partial charge in [-0.25, -0.2) is 22.2 Å². The molecule has 27 heavy (non-hydrogen) atoms. The molecule has 140 valence electrons. The minimum atomic E-state index is -3.55. The predicted octanol–water partition coefficient (Wildman–Crippen LogP) is 3.89. The van der Waals surface area contributed by atoms with E-state index >= 15 is 0 Å². The summed E-state index contributed by atoms with van der Waals surface area (Å²) < 4.78 is 50.7. The van der Waals surface area contributed by atoms with Crippen LogP contribution in [0.1, 0.15) is 6.42 Å². The molecule has 0 spiro atoms. The van der Waals surface area contributed by atoms with Gasteiger partial charge in [-0.1, -0.05) is 18.2 Å². The van der Waals surface area contributed by atoms with Crippen molar-refractivity contribution in [1.29, 1.82) is 0 Å². The van der Waals surface area contributed by atoms with Crippen LogP contribution in [0.15, 0.2) is 58.8 Å². The van der Waals surface area contributed by atoms with Gasteiger partial charge in [0.1, 0.15) is 0 Å². The molecule has 0 unspecified atom stereocenters. The van der Waals surface area contributed by atoms with Crippen LogP contribution in [0.3, 0.4) is 0 Å². The van der Waals surface area contributed by atoms with Gasteiger partial charge < -0.3 is 5.32 Å². The number of anilines is 1. The van der Waals surface area contributed by atoms with E-state index in [1.807, 2.05) is 0 Å². The molecule has 0 aliphatic rings. The highest BCUT2D eigenvalue weighted by Gasteiger charge is 2.17. The molecule has 0 radical (unpaired) electrons. The SMILES string of the molecule is O=C(CCS(=O)(=O)c1ccccc1)Nc1nc(-c2ccc(F)c(F)c2)cs1. The van der Waals surface area contributed by atoms with Crippen molar-refractivity contribution >= 4 is 32.2 Å². The molecule has 0 fully saturated rings. The molecule has 5 nitrogen and oxygen atoms in total. The van der Waals surface area contributed by atoms with Crippen LogP contribution < -0.4 is 5.32 Å². The third-order valence-electron chi connectivity index (χ3n) is 3.67. The van der Waals surface area contributed by atoms with E-state index < -0.39 is 27.4 Å². The Morgan fingerprint density at radius 1 is 1.07 bits per heavy atom. The monoisotopic (exact) mass is 408 g/mol. The molecule has 3 rings (SSSR count). The number of sulfone groups is 1. The fourth-order valence-corrected chi connectivity index (χ4v) is 4.27. The number of carbonyl (C=O) groups is 1. The van der Waals surface area contributed by atoms with Crippen LogP contribution in [0.2, 0.25) is 0 Å². The number of thiazole rings is 1. The van der Waals surface area contributed by atoms with Gasteiger partial charge in [-0.15, -0.1) is 11.3 Å². The van der Waals surface area contributed by atoms with Crippen LogP contribution in [0.4, 0.5) is 13.9 Å². The number of amides is 1. The summed E-state index contributed by atoms with van der Waals surface area (Å²) in [4.78, 5) is 16.3. The minimum Gasteiger partial charge on any atom is -0.302 e. The normalized spacial score (nSPS) is 11.3. The Bertz CT molecular complexity index is 1070. The van der Waals surface area contributed by atoms with Gasteiger partial charge in [0.15, 0.2) is 26.6 Å². The summed E-state index contributed by atoms with van der Waals surface area (Å²) in [7, 11) is -3.55. The summed E-state index contributed by atoms with van der Waals surface area (Å²) in [6, 6.07) is 11.3. The summed E-state index contributed by atoms with van der Waals surface area (Å²) in [6.45, 7) is 0. The number of nitrogens with zero attached hydrogens (tertiary/aromatic N) is 1. The molecule has 9 heteroatoms. The summed E-state index contributed by atoms with van der Waals surface area (Å²) in [5, 5.41) is 4.35. The summed E-state index contributed by atoms with van der Waals surface area (Å²) >= 11 is 1.10. The zero-order valence-electron chi connectivity index (χ0n) is 13.9. The Balaban J connectivity index is 1.62. The molecular weight excluding hydrogens is 394 g/mol. The van der Waals surface area contributed by atoms with E-state index in [2.05, 4.69) is 10.3 Å². The minimum absolute atomic E-state index is 0.160. The summed E-state index contributed by atoms with van der Waals surface area (Å²) in [6.07, 6.45) is -0.225. The highest BCUT2D eigenvalue weighted by Crippen LogP contribution is 2.26. The second-order valence-corrected chi connectivity index (χ2v) is 8.56. The lowest BCUT2D eigenvalue weighted by Gasteiger charge is -2.04. The lowest BCUT2D eigenvalue weighted by atomic mass is 10.2. The van der Waals surface area contributed by atoms with Gasteiger partial charge in [-0.2, -0.15) is 0 Å². The molecular formula is C18H14F2N2O3S2. The van der Waals surface area contributed by atoms with E-state index in [9.17, 15) is 22.0 Å². The van der Waals surface area contributed by atoms with E-state index in [1.54, 1.807) is 23.6 Å². The van der Waals surface area contributed by atoms with Crippen molar-refractivity contribution in [2.24, 2.45) is 0 Å². The van der Waals surface area contributed by atoms with Gasteiger partial charge in [0.25, 0.3) is 0 Å². The lowest BCUT2D eigenvalue weighted by molar-refractivity contribution is -0.115.